The molecule has 0 saturated heterocycles. The Morgan fingerprint density at radius 3 is 2.33 bits per heavy atom. The van der Waals surface area contributed by atoms with Crippen molar-refractivity contribution in [2.75, 3.05) is 11.9 Å². The van der Waals surface area contributed by atoms with Crippen molar-refractivity contribution in [3.63, 3.8) is 0 Å². The Hall–Kier alpha value is -2.62. The predicted molar refractivity (Wildman–Crippen MR) is 94.7 cm³/mol. The maximum absolute atomic E-state index is 12.4. The van der Waals surface area contributed by atoms with Gasteiger partial charge in [-0.25, -0.2) is 0 Å². The third kappa shape index (κ3) is 3.48. The third-order valence-electron chi connectivity index (χ3n) is 4.45. The number of hydrogen-bond acceptors (Lipinski definition) is 2. The Bertz CT molecular complexity index is 750. The van der Waals surface area contributed by atoms with Crippen LogP contribution in [0.25, 0.3) is 0 Å². The maximum Gasteiger partial charge on any atom is 0.313 e. The Labute approximate surface area is 142 Å². The summed E-state index contributed by atoms with van der Waals surface area (Å²) < 4.78 is 0. The highest BCUT2D eigenvalue weighted by molar-refractivity contribution is 6.39. The van der Waals surface area contributed by atoms with E-state index >= 15 is 0 Å². The van der Waals surface area contributed by atoms with Crippen molar-refractivity contribution >= 4 is 17.5 Å². The Kier molecular flexibility index (Phi) is 4.65. The molecule has 1 aliphatic heterocycles. The number of carbonyl (C=O) groups is 2. The molecule has 0 aromatic heterocycles. The van der Waals surface area contributed by atoms with Gasteiger partial charge >= 0.3 is 11.8 Å². The number of nitrogens with zero attached hydrogens (tertiary/aromatic N) is 1. The molecule has 124 valence electrons. The topological polar surface area (TPSA) is 49.4 Å². The van der Waals surface area contributed by atoms with Gasteiger partial charge in [-0.05, 0) is 41.2 Å². The van der Waals surface area contributed by atoms with Gasteiger partial charge in [-0.15, -0.1) is 0 Å². The largest absolute Gasteiger partial charge is 0.330 e. The van der Waals surface area contributed by atoms with Gasteiger partial charge in [0.25, 0.3) is 0 Å². The highest BCUT2D eigenvalue weighted by atomic mass is 16.2. The van der Waals surface area contributed by atoms with Crippen LogP contribution in [0, 0.1) is 0 Å². The molecule has 4 nitrogen and oxygen atoms in total. The quantitative estimate of drug-likeness (QED) is 0.862. The molecule has 0 fully saturated rings. The molecular weight excluding hydrogens is 300 g/mol. The van der Waals surface area contributed by atoms with E-state index in [0.717, 1.165) is 12.0 Å². The highest BCUT2D eigenvalue weighted by Gasteiger charge is 2.25. The standard InChI is InChI=1S/C20H22N2O2/c1-14(2)15-7-9-18(10-8-15)21-19(23)20(24)22-12-11-16-5-3-4-6-17(16)13-22/h3-10,14H,11-13H2,1-2H3,(H,21,23). The first-order chi connectivity index (χ1) is 11.5. The van der Waals surface area contributed by atoms with E-state index in [9.17, 15) is 9.59 Å². The fourth-order valence-electron chi connectivity index (χ4n) is 2.95. The van der Waals surface area contributed by atoms with E-state index in [-0.39, 0.29) is 0 Å². The lowest BCUT2D eigenvalue weighted by Crippen LogP contribution is -2.42. The zero-order valence-corrected chi connectivity index (χ0v) is 14.1. The van der Waals surface area contributed by atoms with Crippen LogP contribution in [0.1, 0.15) is 36.5 Å². The number of nitrogens with one attached hydrogen (secondary N) is 1. The molecule has 1 N–H and O–H groups in total. The molecule has 0 aliphatic carbocycles. The van der Waals surface area contributed by atoms with Crippen molar-refractivity contribution < 1.29 is 9.59 Å². The summed E-state index contributed by atoms with van der Waals surface area (Å²) in [6, 6.07) is 15.7. The van der Waals surface area contributed by atoms with Crippen molar-refractivity contribution in [3.8, 4) is 0 Å². The summed E-state index contributed by atoms with van der Waals surface area (Å²) in [4.78, 5) is 26.3. The van der Waals surface area contributed by atoms with Crippen LogP contribution in [0.4, 0.5) is 5.69 Å². The van der Waals surface area contributed by atoms with E-state index in [4.69, 9.17) is 0 Å². The SMILES string of the molecule is CC(C)c1ccc(NC(=O)C(=O)N2CCc3ccccc3C2)cc1. The Morgan fingerprint density at radius 1 is 1.00 bits per heavy atom. The average Bonchev–Trinajstić information content (AvgIpc) is 2.61. The molecule has 0 spiro atoms. The summed E-state index contributed by atoms with van der Waals surface area (Å²) in [5, 5.41) is 2.70. The molecule has 2 aromatic rings. The molecule has 1 heterocycles. The second kappa shape index (κ2) is 6.87. The Balaban J connectivity index is 1.64. The van der Waals surface area contributed by atoms with E-state index in [2.05, 4.69) is 25.2 Å². The summed E-state index contributed by atoms with van der Waals surface area (Å²) in [6.45, 7) is 5.31. The molecule has 2 aromatic carbocycles. The second-order valence-corrected chi connectivity index (χ2v) is 6.48. The normalized spacial score (nSPS) is 13.5. The van der Waals surface area contributed by atoms with Crippen molar-refractivity contribution in [3.05, 3.63) is 65.2 Å². The lowest BCUT2D eigenvalue weighted by Gasteiger charge is -2.28. The molecule has 3 rings (SSSR count). The van der Waals surface area contributed by atoms with Crippen LogP contribution in [0.3, 0.4) is 0 Å². The third-order valence-corrected chi connectivity index (χ3v) is 4.45. The molecule has 2 amide bonds. The van der Waals surface area contributed by atoms with Crippen LogP contribution in [-0.4, -0.2) is 23.3 Å². The summed E-state index contributed by atoms with van der Waals surface area (Å²) in [5.41, 5.74) is 4.22. The summed E-state index contributed by atoms with van der Waals surface area (Å²) in [6.07, 6.45) is 0.790. The minimum Gasteiger partial charge on any atom is -0.330 e. The van der Waals surface area contributed by atoms with E-state index in [1.165, 1.54) is 11.1 Å². The molecule has 0 atom stereocenters. The first-order valence-corrected chi connectivity index (χ1v) is 8.31. The Morgan fingerprint density at radius 2 is 1.67 bits per heavy atom. The first kappa shape index (κ1) is 16.2. The lowest BCUT2D eigenvalue weighted by molar-refractivity contribution is -0.143. The van der Waals surface area contributed by atoms with Crippen LogP contribution < -0.4 is 5.32 Å². The number of carbonyl (C=O) groups excluding carboxylic acids is 2. The monoisotopic (exact) mass is 322 g/mol. The molecule has 0 saturated carbocycles. The lowest BCUT2D eigenvalue weighted by atomic mass is 10.00. The maximum atomic E-state index is 12.4. The van der Waals surface area contributed by atoms with E-state index in [1.807, 2.05) is 42.5 Å². The van der Waals surface area contributed by atoms with Gasteiger partial charge in [-0.3, -0.25) is 9.59 Å². The van der Waals surface area contributed by atoms with Crippen molar-refractivity contribution in [2.24, 2.45) is 0 Å². The number of amides is 2. The van der Waals surface area contributed by atoms with Crippen molar-refractivity contribution in [2.45, 2.75) is 32.7 Å². The first-order valence-electron chi connectivity index (χ1n) is 8.31. The summed E-state index contributed by atoms with van der Waals surface area (Å²) in [5.74, 6) is -0.617. The number of anilines is 1. The molecular formula is C20H22N2O2. The van der Waals surface area contributed by atoms with E-state index in [0.29, 0.717) is 24.7 Å². The number of rotatable bonds is 2. The van der Waals surface area contributed by atoms with Gasteiger partial charge in [-0.2, -0.15) is 0 Å². The fraction of sp³-hybridized carbons (Fsp3) is 0.300. The molecule has 0 unspecified atom stereocenters. The van der Waals surface area contributed by atoms with Crippen LogP contribution in [0.2, 0.25) is 0 Å². The van der Waals surface area contributed by atoms with Gasteiger partial charge in [0.1, 0.15) is 0 Å². The van der Waals surface area contributed by atoms with Crippen molar-refractivity contribution in [1.29, 1.82) is 0 Å². The van der Waals surface area contributed by atoms with Gasteiger partial charge < -0.3 is 10.2 Å². The van der Waals surface area contributed by atoms with Crippen molar-refractivity contribution in [1.82, 2.24) is 4.90 Å². The highest BCUT2D eigenvalue weighted by Crippen LogP contribution is 2.20. The number of hydrogen-bond donors (Lipinski definition) is 1. The smallest absolute Gasteiger partial charge is 0.313 e. The zero-order chi connectivity index (χ0) is 17.1. The van der Waals surface area contributed by atoms with Gasteiger partial charge in [0.15, 0.2) is 0 Å². The van der Waals surface area contributed by atoms with E-state index in [1.54, 1.807) is 4.90 Å². The van der Waals surface area contributed by atoms with Gasteiger partial charge in [0, 0.05) is 18.8 Å². The predicted octanol–water partition coefficient (Wildman–Crippen LogP) is 3.33. The molecule has 0 bridgehead atoms. The molecule has 1 aliphatic rings. The number of benzene rings is 2. The van der Waals surface area contributed by atoms with Crippen LogP contribution >= 0.6 is 0 Å². The van der Waals surface area contributed by atoms with Crippen LogP contribution in [0.5, 0.6) is 0 Å². The molecule has 4 heteroatoms. The second-order valence-electron chi connectivity index (χ2n) is 6.48. The van der Waals surface area contributed by atoms with Gasteiger partial charge in [0.05, 0.1) is 0 Å². The van der Waals surface area contributed by atoms with Crippen LogP contribution in [-0.2, 0) is 22.6 Å². The molecule has 0 radical (unpaired) electrons. The summed E-state index contributed by atoms with van der Waals surface area (Å²) >= 11 is 0. The van der Waals surface area contributed by atoms with Crippen LogP contribution in [0.15, 0.2) is 48.5 Å². The average molecular weight is 322 g/mol. The zero-order valence-electron chi connectivity index (χ0n) is 14.1. The number of fused-ring (bicyclic) bond motifs is 1. The van der Waals surface area contributed by atoms with E-state index < -0.39 is 11.8 Å². The minimum absolute atomic E-state index is 0.435. The fourth-order valence-corrected chi connectivity index (χ4v) is 2.95. The van der Waals surface area contributed by atoms with Gasteiger partial charge in [0.2, 0.25) is 0 Å². The van der Waals surface area contributed by atoms with Gasteiger partial charge in [-0.1, -0.05) is 50.2 Å². The molecule has 24 heavy (non-hydrogen) atoms. The minimum atomic E-state index is -0.577. The summed E-state index contributed by atoms with van der Waals surface area (Å²) in [7, 11) is 0.